The van der Waals surface area contributed by atoms with Gasteiger partial charge in [0.2, 0.25) is 11.4 Å². The van der Waals surface area contributed by atoms with Crippen LogP contribution in [-0.2, 0) is 7.05 Å². The highest BCUT2D eigenvalue weighted by Gasteiger charge is 2.20. The number of aryl methyl sites for hydroxylation is 4. The Labute approximate surface area is 143 Å². The molecule has 4 rings (SSSR count). The van der Waals surface area contributed by atoms with E-state index in [1.165, 1.54) is 6.07 Å². The second-order valence-electron chi connectivity index (χ2n) is 5.70. The molecule has 3 aromatic heterocycles. The van der Waals surface area contributed by atoms with E-state index in [0.29, 0.717) is 5.58 Å². The fourth-order valence-electron chi connectivity index (χ4n) is 3.00. The van der Waals surface area contributed by atoms with Crippen LogP contribution in [0.2, 0.25) is 0 Å². The average Bonchev–Trinajstić information content (AvgIpc) is 2.98. The summed E-state index contributed by atoms with van der Waals surface area (Å²) in [6.45, 7) is -2.56. The molecule has 0 saturated heterocycles. The van der Waals surface area contributed by atoms with Crippen molar-refractivity contribution >= 4 is 22.1 Å². The van der Waals surface area contributed by atoms with Crippen LogP contribution in [-0.4, -0.2) is 4.98 Å². The van der Waals surface area contributed by atoms with Crippen LogP contribution in [0.4, 0.5) is 0 Å². The highest BCUT2D eigenvalue weighted by Crippen LogP contribution is 2.36. The quantitative estimate of drug-likeness (QED) is 0.488. The summed E-state index contributed by atoms with van der Waals surface area (Å²) in [6, 6.07) is 10.4. The fourth-order valence-corrected chi connectivity index (χ4v) is 3.00. The number of rotatable bonds is 1. The first-order valence-electron chi connectivity index (χ1n) is 10.3. The Balaban J connectivity index is 1.99. The zero-order chi connectivity index (χ0) is 21.1. The van der Waals surface area contributed by atoms with E-state index in [4.69, 9.17) is 12.6 Å². The van der Waals surface area contributed by atoms with Crippen molar-refractivity contribution in [3.05, 3.63) is 59.4 Å². The van der Waals surface area contributed by atoms with Gasteiger partial charge in [0.15, 0.2) is 11.8 Å². The summed E-state index contributed by atoms with van der Waals surface area (Å²) in [5.74, 6) is 0. The summed E-state index contributed by atoms with van der Waals surface area (Å²) in [5, 5.41) is 1.56. The number of nitrogens with zero attached hydrogens (tertiary/aromatic N) is 2. The molecule has 114 valence electrons. The van der Waals surface area contributed by atoms with Crippen LogP contribution in [0.25, 0.3) is 33.3 Å². The van der Waals surface area contributed by atoms with Crippen LogP contribution in [0.15, 0.2) is 47.0 Å². The second kappa shape index (κ2) is 4.92. The van der Waals surface area contributed by atoms with Crippen LogP contribution >= 0.6 is 0 Å². The summed E-state index contributed by atoms with van der Waals surface area (Å²) in [5.41, 5.74) is 3.64. The summed E-state index contributed by atoms with van der Waals surface area (Å²) in [4.78, 5) is 4.21. The molecule has 0 bridgehead atoms. The van der Waals surface area contributed by atoms with E-state index in [9.17, 15) is 0 Å². The van der Waals surface area contributed by atoms with Gasteiger partial charge in [-0.05, 0) is 44.4 Å². The Hall–Kier alpha value is -2.68. The van der Waals surface area contributed by atoms with Crippen molar-refractivity contribution in [3.8, 4) is 11.3 Å². The van der Waals surface area contributed by atoms with Crippen molar-refractivity contribution in [1.82, 2.24) is 4.98 Å². The molecule has 0 aliphatic rings. The van der Waals surface area contributed by atoms with E-state index in [1.54, 1.807) is 36.0 Å². The Morgan fingerprint density at radius 1 is 1.04 bits per heavy atom. The fraction of sp³-hybridized carbons (Fsp3) is 0.200. The van der Waals surface area contributed by atoms with Crippen molar-refractivity contribution in [2.45, 2.75) is 20.6 Å². The standard InChI is InChI=1S/C20H19N2O/c1-12-5-10-17(22(4)11-12)18-13(2)6-8-15-16-9-7-14(3)21-20(16)23-19(15)18/h5-11H,1-4H3/q+1/i1D3,3D3. The van der Waals surface area contributed by atoms with Crippen molar-refractivity contribution < 1.29 is 17.2 Å². The van der Waals surface area contributed by atoms with Gasteiger partial charge >= 0.3 is 0 Å². The molecule has 0 aliphatic carbocycles. The van der Waals surface area contributed by atoms with E-state index in [-0.39, 0.29) is 17.0 Å². The van der Waals surface area contributed by atoms with E-state index in [1.807, 2.05) is 19.1 Å². The Kier molecular flexibility index (Phi) is 1.89. The Morgan fingerprint density at radius 2 is 1.91 bits per heavy atom. The van der Waals surface area contributed by atoms with Crippen molar-refractivity contribution in [2.75, 3.05) is 0 Å². The molecule has 1 aromatic carbocycles. The third-order valence-corrected chi connectivity index (χ3v) is 4.10. The van der Waals surface area contributed by atoms with Gasteiger partial charge < -0.3 is 4.42 Å². The lowest BCUT2D eigenvalue weighted by molar-refractivity contribution is -0.660. The molecule has 0 spiro atoms. The number of pyridine rings is 2. The van der Waals surface area contributed by atoms with Gasteiger partial charge in [-0.2, -0.15) is 0 Å². The topological polar surface area (TPSA) is 29.9 Å². The summed E-state index contributed by atoms with van der Waals surface area (Å²) < 4.78 is 53.3. The predicted octanol–water partition coefficient (Wildman–Crippen LogP) is 4.40. The van der Waals surface area contributed by atoms with Crippen molar-refractivity contribution in [2.24, 2.45) is 7.05 Å². The molecule has 0 radical (unpaired) electrons. The third-order valence-electron chi connectivity index (χ3n) is 4.10. The molecule has 23 heavy (non-hydrogen) atoms. The molecule has 0 saturated carbocycles. The summed E-state index contributed by atoms with van der Waals surface area (Å²) in [6.07, 6.45) is 1.59. The SMILES string of the molecule is [2H]C([2H])([2H])c1ccc(-c2c(C)ccc3c2oc2nc(C([2H])([2H])[2H])ccc23)[n+](C)c1. The third kappa shape index (κ3) is 2.12. The van der Waals surface area contributed by atoms with Crippen molar-refractivity contribution in [1.29, 1.82) is 0 Å². The smallest absolute Gasteiger partial charge is 0.227 e. The number of benzene rings is 1. The number of aromatic nitrogens is 2. The van der Waals surface area contributed by atoms with Gasteiger partial charge in [0, 0.05) is 36.3 Å². The maximum absolute atomic E-state index is 7.61. The number of fused-ring (bicyclic) bond motifs is 3. The molecule has 3 heterocycles. The van der Waals surface area contributed by atoms with Crippen LogP contribution in [0.1, 0.15) is 25.0 Å². The van der Waals surface area contributed by atoms with E-state index < -0.39 is 13.7 Å². The lowest BCUT2D eigenvalue weighted by atomic mass is 10.0. The monoisotopic (exact) mass is 309 g/mol. The second-order valence-corrected chi connectivity index (χ2v) is 5.70. The van der Waals surface area contributed by atoms with Crippen LogP contribution < -0.4 is 4.57 Å². The van der Waals surface area contributed by atoms with Gasteiger partial charge in [0.1, 0.15) is 7.05 Å². The molecule has 0 N–H and O–H groups in total. The highest BCUT2D eigenvalue weighted by atomic mass is 16.3. The largest absolute Gasteiger partial charge is 0.437 e. The van der Waals surface area contributed by atoms with Crippen LogP contribution in [0, 0.1) is 20.6 Å². The Morgan fingerprint density at radius 3 is 2.70 bits per heavy atom. The lowest BCUT2D eigenvalue weighted by Crippen LogP contribution is -2.31. The van der Waals surface area contributed by atoms with Crippen molar-refractivity contribution in [3.63, 3.8) is 0 Å². The predicted molar refractivity (Wildman–Crippen MR) is 92.3 cm³/mol. The number of hydrogen-bond donors (Lipinski definition) is 0. The molecule has 4 aromatic rings. The van der Waals surface area contributed by atoms with E-state index in [0.717, 1.165) is 27.6 Å². The molecule has 0 amide bonds. The minimum absolute atomic E-state index is 0.0186. The Bertz CT molecular complexity index is 1250. The normalized spacial score (nSPS) is 16.4. The molecule has 0 atom stereocenters. The molecule has 0 unspecified atom stereocenters. The first-order chi connectivity index (χ1) is 13.5. The minimum atomic E-state index is -2.32. The number of hydrogen-bond acceptors (Lipinski definition) is 2. The van der Waals surface area contributed by atoms with Crippen LogP contribution in [0.3, 0.4) is 0 Å². The zero-order valence-electron chi connectivity index (χ0n) is 18.8. The zero-order valence-corrected chi connectivity index (χ0v) is 12.8. The van der Waals surface area contributed by atoms with Gasteiger partial charge in [-0.3, -0.25) is 0 Å². The average molecular weight is 309 g/mol. The summed E-state index contributed by atoms with van der Waals surface area (Å²) >= 11 is 0. The van der Waals surface area contributed by atoms with Gasteiger partial charge in [-0.1, -0.05) is 12.1 Å². The van der Waals surface area contributed by atoms with Gasteiger partial charge in [-0.25, -0.2) is 9.55 Å². The first kappa shape index (κ1) is 8.82. The molecule has 3 heteroatoms. The van der Waals surface area contributed by atoms with E-state index >= 15 is 0 Å². The summed E-state index contributed by atoms with van der Waals surface area (Å²) in [7, 11) is 1.79. The van der Waals surface area contributed by atoms with Gasteiger partial charge in [-0.15, -0.1) is 0 Å². The maximum Gasteiger partial charge on any atom is 0.227 e. The molecular weight excluding hydrogens is 284 g/mol. The molecule has 3 nitrogen and oxygen atoms in total. The molecule has 0 aliphatic heterocycles. The lowest BCUT2D eigenvalue weighted by Gasteiger charge is -2.05. The van der Waals surface area contributed by atoms with Gasteiger partial charge in [0.05, 0.1) is 5.56 Å². The van der Waals surface area contributed by atoms with Crippen LogP contribution in [0.5, 0.6) is 0 Å². The first-order valence-corrected chi connectivity index (χ1v) is 7.31. The van der Waals surface area contributed by atoms with E-state index in [2.05, 4.69) is 4.98 Å². The molecule has 0 fully saturated rings. The molecular formula is C20H19N2O+. The highest BCUT2D eigenvalue weighted by molar-refractivity contribution is 6.08. The van der Waals surface area contributed by atoms with Gasteiger partial charge in [0.25, 0.3) is 0 Å². The minimum Gasteiger partial charge on any atom is -0.437 e. The number of furan rings is 1. The maximum atomic E-state index is 7.61.